The molecule has 0 saturated carbocycles. The van der Waals surface area contributed by atoms with Gasteiger partial charge in [-0.05, 0) is 43.0 Å². The Labute approximate surface area is 114 Å². The number of thiophene rings is 1. The Balaban J connectivity index is 1.78. The Hall–Kier alpha value is -1.39. The fraction of sp³-hybridized carbons (Fsp3) is 0.231. The minimum atomic E-state index is -0.107. The Kier molecular flexibility index (Phi) is 3.06. The predicted molar refractivity (Wildman–Crippen MR) is 73.5 cm³/mol. The molecule has 2 aromatic rings. The number of nitrogens with zero attached hydrogens (tertiary/aromatic N) is 1. The van der Waals surface area contributed by atoms with Crippen molar-refractivity contribution in [2.24, 2.45) is 0 Å². The van der Waals surface area contributed by atoms with Gasteiger partial charge in [0.15, 0.2) is 0 Å². The molecule has 0 unspecified atom stereocenters. The number of carbonyl (C=O) groups excluding carboxylic acids is 1. The Morgan fingerprint density at radius 3 is 3.06 bits per heavy atom. The van der Waals surface area contributed by atoms with Crippen LogP contribution in [-0.4, -0.2) is 10.9 Å². The quantitative estimate of drug-likeness (QED) is 0.913. The van der Waals surface area contributed by atoms with Crippen molar-refractivity contribution in [3.05, 3.63) is 44.7 Å². The molecule has 0 atom stereocenters. The number of aryl methyl sites for hydroxylation is 2. The fourth-order valence-corrected chi connectivity index (χ4v) is 3.40. The maximum absolute atomic E-state index is 12.0. The first-order chi connectivity index (χ1) is 8.72. The molecule has 3 nitrogen and oxygen atoms in total. The van der Waals surface area contributed by atoms with E-state index in [0.717, 1.165) is 17.7 Å². The molecular formula is C13H11ClN2OS. The Morgan fingerprint density at radius 1 is 1.39 bits per heavy atom. The summed E-state index contributed by atoms with van der Waals surface area (Å²) in [4.78, 5) is 18.2. The minimum absolute atomic E-state index is 0.107. The molecule has 0 spiro atoms. The number of amides is 1. The maximum Gasteiger partial charge on any atom is 0.266 e. The second-order valence-corrected chi connectivity index (χ2v) is 5.80. The molecule has 0 saturated heterocycles. The van der Waals surface area contributed by atoms with Crippen LogP contribution in [0.4, 0.5) is 5.82 Å². The SMILES string of the molecule is O=C(Nc1cc(Cl)ccn1)c1cc2c(s1)CCC2. The number of hydrogen-bond donors (Lipinski definition) is 1. The molecule has 3 rings (SSSR count). The topological polar surface area (TPSA) is 42.0 Å². The third kappa shape index (κ3) is 2.26. The summed E-state index contributed by atoms with van der Waals surface area (Å²) in [7, 11) is 0. The van der Waals surface area contributed by atoms with Crippen LogP contribution in [-0.2, 0) is 12.8 Å². The predicted octanol–water partition coefficient (Wildman–Crippen LogP) is 3.54. The van der Waals surface area contributed by atoms with Gasteiger partial charge < -0.3 is 5.32 Å². The van der Waals surface area contributed by atoms with Crippen LogP contribution in [0, 0.1) is 0 Å². The van der Waals surface area contributed by atoms with Crippen molar-refractivity contribution in [1.82, 2.24) is 4.98 Å². The van der Waals surface area contributed by atoms with Crippen molar-refractivity contribution in [2.45, 2.75) is 19.3 Å². The lowest BCUT2D eigenvalue weighted by atomic mass is 10.2. The highest BCUT2D eigenvalue weighted by Crippen LogP contribution is 2.30. The molecule has 92 valence electrons. The van der Waals surface area contributed by atoms with E-state index < -0.39 is 0 Å². The lowest BCUT2D eigenvalue weighted by molar-refractivity contribution is 0.103. The van der Waals surface area contributed by atoms with Crippen molar-refractivity contribution in [1.29, 1.82) is 0 Å². The monoisotopic (exact) mass is 278 g/mol. The van der Waals surface area contributed by atoms with E-state index in [4.69, 9.17) is 11.6 Å². The normalized spacial score (nSPS) is 13.4. The van der Waals surface area contributed by atoms with Gasteiger partial charge in [0.2, 0.25) is 0 Å². The molecule has 1 amide bonds. The molecule has 18 heavy (non-hydrogen) atoms. The maximum atomic E-state index is 12.0. The van der Waals surface area contributed by atoms with Gasteiger partial charge in [-0.2, -0.15) is 0 Å². The second-order valence-electron chi connectivity index (χ2n) is 4.23. The molecule has 0 aliphatic heterocycles. The van der Waals surface area contributed by atoms with Crippen molar-refractivity contribution in [3.63, 3.8) is 0 Å². The molecule has 5 heteroatoms. The molecule has 0 bridgehead atoms. The van der Waals surface area contributed by atoms with Crippen LogP contribution in [0.15, 0.2) is 24.4 Å². The fourth-order valence-electron chi connectivity index (χ4n) is 2.09. The number of aromatic nitrogens is 1. The average molecular weight is 279 g/mol. The summed E-state index contributed by atoms with van der Waals surface area (Å²) in [6, 6.07) is 5.31. The number of nitrogens with one attached hydrogen (secondary N) is 1. The number of carbonyl (C=O) groups is 1. The summed E-state index contributed by atoms with van der Waals surface area (Å²) < 4.78 is 0. The van der Waals surface area contributed by atoms with Crippen LogP contribution in [0.25, 0.3) is 0 Å². The van der Waals surface area contributed by atoms with E-state index in [1.807, 2.05) is 6.07 Å². The molecule has 2 aromatic heterocycles. The molecule has 1 aliphatic rings. The molecule has 0 radical (unpaired) electrons. The van der Waals surface area contributed by atoms with Gasteiger partial charge in [0, 0.05) is 16.1 Å². The lowest BCUT2D eigenvalue weighted by Crippen LogP contribution is -2.11. The molecular weight excluding hydrogens is 268 g/mol. The average Bonchev–Trinajstić information content (AvgIpc) is 2.88. The summed E-state index contributed by atoms with van der Waals surface area (Å²) in [5.41, 5.74) is 1.32. The van der Waals surface area contributed by atoms with Gasteiger partial charge in [-0.1, -0.05) is 11.6 Å². The van der Waals surface area contributed by atoms with Crippen molar-refractivity contribution in [3.8, 4) is 0 Å². The van der Waals surface area contributed by atoms with E-state index in [9.17, 15) is 4.79 Å². The Morgan fingerprint density at radius 2 is 2.28 bits per heavy atom. The summed E-state index contributed by atoms with van der Waals surface area (Å²) in [6.07, 6.45) is 4.97. The van der Waals surface area contributed by atoms with Crippen molar-refractivity contribution in [2.75, 3.05) is 5.32 Å². The first kappa shape index (κ1) is 11.7. The third-order valence-corrected chi connectivity index (χ3v) is 4.40. The van der Waals surface area contributed by atoms with Gasteiger partial charge in [0.05, 0.1) is 4.88 Å². The van der Waals surface area contributed by atoms with Gasteiger partial charge in [-0.15, -0.1) is 11.3 Å². The smallest absolute Gasteiger partial charge is 0.266 e. The standard InChI is InChI=1S/C13H11ClN2OS/c14-9-4-5-15-12(7-9)16-13(17)11-6-8-2-1-3-10(8)18-11/h4-7H,1-3H2,(H,15,16,17). The number of anilines is 1. The molecule has 0 fully saturated rings. The number of pyridine rings is 1. The molecule has 1 aliphatic carbocycles. The van der Waals surface area contributed by atoms with Crippen LogP contribution in [0.1, 0.15) is 26.5 Å². The van der Waals surface area contributed by atoms with Crippen molar-refractivity contribution >= 4 is 34.7 Å². The van der Waals surface area contributed by atoms with E-state index in [1.54, 1.807) is 29.7 Å². The first-order valence-electron chi connectivity index (χ1n) is 5.77. The Bertz CT molecular complexity index is 587. The summed E-state index contributed by atoms with van der Waals surface area (Å²) in [5, 5.41) is 3.33. The number of rotatable bonds is 2. The van der Waals surface area contributed by atoms with Gasteiger partial charge >= 0.3 is 0 Å². The zero-order valence-corrected chi connectivity index (χ0v) is 11.1. The van der Waals surface area contributed by atoms with Crippen LogP contribution >= 0.6 is 22.9 Å². The summed E-state index contributed by atoms with van der Waals surface area (Å²) >= 11 is 7.43. The number of halogens is 1. The van der Waals surface area contributed by atoms with Crippen LogP contribution in [0.2, 0.25) is 5.02 Å². The first-order valence-corrected chi connectivity index (χ1v) is 6.96. The van der Waals surface area contributed by atoms with Gasteiger partial charge in [0.25, 0.3) is 5.91 Å². The molecule has 1 N–H and O–H groups in total. The largest absolute Gasteiger partial charge is 0.306 e. The summed E-state index contributed by atoms with van der Waals surface area (Å²) in [5.74, 6) is 0.380. The van der Waals surface area contributed by atoms with E-state index >= 15 is 0 Å². The van der Waals surface area contributed by atoms with E-state index in [2.05, 4.69) is 10.3 Å². The highest BCUT2D eigenvalue weighted by Gasteiger charge is 2.18. The summed E-state index contributed by atoms with van der Waals surface area (Å²) in [6.45, 7) is 0. The minimum Gasteiger partial charge on any atom is -0.306 e. The molecule has 0 aromatic carbocycles. The van der Waals surface area contributed by atoms with Gasteiger partial charge in [-0.3, -0.25) is 4.79 Å². The third-order valence-electron chi connectivity index (χ3n) is 2.93. The van der Waals surface area contributed by atoms with E-state index in [-0.39, 0.29) is 5.91 Å². The second kappa shape index (κ2) is 4.71. The van der Waals surface area contributed by atoms with Crippen molar-refractivity contribution < 1.29 is 4.79 Å². The molecule has 2 heterocycles. The van der Waals surface area contributed by atoms with E-state index in [1.165, 1.54) is 16.9 Å². The van der Waals surface area contributed by atoms with E-state index in [0.29, 0.717) is 10.8 Å². The lowest BCUT2D eigenvalue weighted by Gasteiger charge is -2.02. The number of fused-ring (bicyclic) bond motifs is 1. The zero-order valence-electron chi connectivity index (χ0n) is 9.57. The van der Waals surface area contributed by atoms with Crippen LogP contribution in [0.3, 0.4) is 0 Å². The van der Waals surface area contributed by atoms with Gasteiger partial charge in [-0.25, -0.2) is 4.98 Å². The van der Waals surface area contributed by atoms with Crippen LogP contribution < -0.4 is 5.32 Å². The van der Waals surface area contributed by atoms with Gasteiger partial charge in [0.1, 0.15) is 5.82 Å². The number of hydrogen-bond acceptors (Lipinski definition) is 3. The van der Waals surface area contributed by atoms with Crippen LogP contribution in [0.5, 0.6) is 0 Å². The highest BCUT2D eigenvalue weighted by molar-refractivity contribution is 7.14. The highest BCUT2D eigenvalue weighted by atomic mass is 35.5. The zero-order chi connectivity index (χ0) is 12.5.